The van der Waals surface area contributed by atoms with Crippen molar-refractivity contribution >= 4 is 23.5 Å². The van der Waals surface area contributed by atoms with Gasteiger partial charge in [0, 0.05) is 19.2 Å². The van der Waals surface area contributed by atoms with Crippen LogP contribution in [0.15, 0.2) is 17.4 Å². The zero-order valence-electron chi connectivity index (χ0n) is 10.9. The highest BCUT2D eigenvalue weighted by molar-refractivity contribution is 7.99. The minimum atomic E-state index is -0.115. The Morgan fingerprint density at radius 3 is 2.95 bits per heavy atom. The minimum Gasteiger partial charge on any atom is -0.310 e. The van der Waals surface area contributed by atoms with Crippen LogP contribution in [0.25, 0.3) is 0 Å². The molecule has 0 unspecified atom stereocenters. The van der Waals surface area contributed by atoms with Crippen LogP contribution in [0.1, 0.15) is 19.9 Å². The van der Waals surface area contributed by atoms with Crippen molar-refractivity contribution < 1.29 is 4.79 Å². The number of hydrogen-bond acceptors (Lipinski definition) is 6. The van der Waals surface area contributed by atoms with Crippen molar-refractivity contribution in [2.24, 2.45) is 7.05 Å². The summed E-state index contributed by atoms with van der Waals surface area (Å²) < 4.78 is 3.28. The van der Waals surface area contributed by atoms with Gasteiger partial charge in [0.05, 0.1) is 11.9 Å². The molecule has 0 saturated carbocycles. The van der Waals surface area contributed by atoms with Gasteiger partial charge in [-0.3, -0.25) is 4.79 Å². The number of aryl methyl sites for hydroxylation is 1. The van der Waals surface area contributed by atoms with Crippen LogP contribution in [0.2, 0.25) is 0 Å². The maximum atomic E-state index is 11.8. The topological polar surface area (TPSA) is 90.5 Å². The molecule has 0 radical (unpaired) electrons. The summed E-state index contributed by atoms with van der Waals surface area (Å²) in [6.45, 7) is 4.01. The predicted molar refractivity (Wildman–Crippen MR) is 70.8 cm³/mol. The van der Waals surface area contributed by atoms with Crippen molar-refractivity contribution in [3.63, 3.8) is 0 Å². The summed E-state index contributed by atoms with van der Waals surface area (Å²) in [7, 11) is 1.73. The Bertz CT molecular complexity index is 562. The largest absolute Gasteiger partial charge is 0.310 e. The summed E-state index contributed by atoms with van der Waals surface area (Å²) >= 11 is 1.28. The van der Waals surface area contributed by atoms with Crippen LogP contribution >= 0.6 is 11.8 Å². The second kappa shape index (κ2) is 5.83. The summed E-state index contributed by atoms with van der Waals surface area (Å²) in [4.78, 5) is 11.8. The molecule has 0 aliphatic heterocycles. The molecule has 0 spiro atoms. The lowest BCUT2D eigenvalue weighted by molar-refractivity contribution is -0.113. The van der Waals surface area contributed by atoms with Gasteiger partial charge >= 0.3 is 0 Å². The normalized spacial score (nSPS) is 10.9. The summed E-state index contributed by atoms with van der Waals surface area (Å²) in [5, 5.41) is 18.6. The Balaban J connectivity index is 1.91. The van der Waals surface area contributed by atoms with Crippen LogP contribution < -0.4 is 5.32 Å². The molecule has 0 bridgehead atoms. The standard InChI is InChI=1S/C10H15N7OS/c1-7(2)17-8(4-5-11-17)12-9(18)6-19-10-13-14-15-16(10)3/h4-5,7H,6H2,1-3H3,(H,12,18). The first kappa shape index (κ1) is 13.5. The van der Waals surface area contributed by atoms with Gasteiger partial charge in [0.2, 0.25) is 11.1 Å². The highest BCUT2D eigenvalue weighted by atomic mass is 32.2. The van der Waals surface area contributed by atoms with Crippen LogP contribution in [-0.2, 0) is 11.8 Å². The van der Waals surface area contributed by atoms with Gasteiger partial charge in [-0.05, 0) is 24.3 Å². The first-order valence-electron chi connectivity index (χ1n) is 5.76. The molecule has 0 aliphatic carbocycles. The van der Waals surface area contributed by atoms with Crippen molar-refractivity contribution in [3.8, 4) is 0 Å². The fourth-order valence-electron chi connectivity index (χ4n) is 1.48. The molecule has 0 atom stereocenters. The van der Waals surface area contributed by atoms with E-state index in [0.717, 1.165) is 0 Å². The molecule has 0 aliphatic rings. The number of rotatable bonds is 5. The van der Waals surface area contributed by atoms with E-state index < -0.39 is 0 Å². The molecule has 102 valence electrons. The molecule has 0 saturated heterocycles. The molecule has 19 heavy (non-hydrogen) atoms. The van der Waals surface area contributed by atoms with E-state index in [1.54, 1.807) is 24.0 Å². The Morgan fingerprint density at radius 1 is 1.53 bits per heavy atom. The summed E-state index contributed by atoms with van der Waals surface area (Å²) in [6, 6.07) is 1.97. The molecule has 1 N–H and O–H groups in total. The van der Waals surface area contributed by atoms with Gasteiger partial charge in [0.25, 0.3) is 0 Å². The van der Waals surface area contributed by atoms with Gasteiger partial charge in [-0.25, -0.2) is 9.36 Å². The quantitative estimate of drug-likeness (QED) is 0.812. The van der Waals surface area contributed by atoms with Crippen molar-refractivity contribution in [2.75, 3.05) is 11.1 Å². The number of carbonyl (C=O) groups is 1. The van der Waals surface area contributed by atoms with Crippen LogP contribution in [0.4, 0.5) is 5.82 Å². The fourth-order valence-corrected chi connectivity index (χ4v) is 2.13. The molecular weight excluding hydrogens is 266 g/mol. The molecule has 2 aromatic rings. The van der Waals surface area contributed by atoms with Crippen LogP contribution in [0, 0.1) is 0 Å². The molecule has 2 heterocycles. The van der Waals surface area contributed by atoms with Gasteiger partial charge in [-0.1, -0.05) is 11.8 Å². The molecule has 1 amide bonds. The third-order valence-electron chi connectivity index (χ3n) is 2.34. The monoisotopic (exact) mass is 281 g/mol. The number of aromatic nitrogens is 6. The summed E-state index contributed by atoms with van der Waals surface area (Å²) in [5.74, 6) is 0.824. The molecule has 2 rings (SSSR count). The van der Waals surface area contributed by atoms with Crippen molar-refractivity contribution in [2.45, 2.75) is 25.0 Å². The van der Waals surface area contributed by atoms with Gasteiger partial charge < -0.3 is 5.32 Å². The predicted octanol–water partition coefficient (Wildman–Crippen LogP) is 0.718. The fraction of sp³-hybridized carbons (Fsp3) is 0.500. The SMILES string of the molecule is CC(C)n1nccc1NC(=O)CSc1nnnn1C. The lowest BCUT2D eigenvalue weighted by Crippen LogP contribution is -2.18. The van der Waals surface area contributed by atoms with Gasteiger partial charge in [0.1, 0.15) is 5.82 Å². The van der Waals surface area contributed by atoms with Crippen molar-refractivity contribution in [1.29, 1.82) is 0 Å². The van der Waals surface area contributed by atoms with E-state index in [1.165, 1.54) is 16.4 Å². The van der Waals surface area contributed by atoms with Crippen molar-refractivity contribution in [1.82, 2.24) is 30.0 Å². The Kier molecular flexibility index (Phi) is 4.15. The molecular formula is C10H15N7OS. The Morgan fingerprint density at radius 2 is 2.32 bits per heavy atom. The lowest BCUT2D eigenvalue weighted by Gasteiger charge is -2.11. The highest BCUT2D eigenvalue weighted by Gasteiger charge is 2.11. The zero-order chi connectivity index (χ0) is 13.8. The highest BCUT2D eigenvalue weighted by Crippen LogP contribution is 2.15. The Hall–Kier alpha value is -1.90. The zero-order valence-corrected chi connectivity index (χ0v) is 11.8. The van der Waals surface area contributed by atoms with Crippen molar-refractivity contribution in [3.05, 3.63) is 12.3 Å². The maximum Gasteiger partial charge on any atom is 0.235 e. The molecule has 8 nitrogen and oxygen atoms in total. The summed E-state index contributed by atoms with van der Waals surface area (Å²) in [5.41, 5.74) is 0. The van der Waals surface area contributed by atoms with E-state index in [4.69, 9.17) is 0 Å². The third-order valence-corrected chi connectivity index (χ3v) is 3.35. The van der Waals surface area contributed by atoms with E-state index in [-0.39, 0.29) is 17.7 Å². The number of tetrazole rings is 1. The second-order valence-corrected chi connectivity index (χ2v) is 5.12. The number of amides is 1. The van der Waals surface area contributed by atoms with E-state index in [1.807, 2.05) is 13.8 Å². The van der Waals surface area contributed by atoms with E-state index >= 15 is 0 Å². The van der Waals surface area contributed by atoms with Gasteiger partial charge in [-0.15, -0.1) is 5.10 Å². The van der Waals surface area contributed by atoms with E-state index in [2.05, 4.69) is 25.9 Å². The molecule has 0 fully saturated rings. The molecule has 9 heteroatoms. The number of nitrogens with zero attached hydrogens (tertiary/aromatic N) is 6. The average molecular weight is 281 g/mol. The number of thioether (sulfide) groups is 1. The van der Waals surface area contributed by atoms with Crippen LogP contribution in [0.3, 0.4) is 0 Å². The maximum absolute atomic E-state index is 11.8. The Labute approximate surface area is 114 Å². The van der Waals surface area contributed by atoms with Gasteiger partial charge in [-0.2, -0.15) is 5.10 Å². The van der Waals surface area contributed by atoms with Crippen LogP contribution in [-0.4, -0.2) is 41.6 Å². The average Bonchev–Trinajstić information content (AvgIpc) is 2.95. The van der Waals surface area contributed by atoms with E-state index in [0.29, 0.717) is 11.0 Å². The number of hydrogen-bond donors (Lipinski definition) is 1. The molecule has 2 aromatic heterocycles. The minimum absolute atomic E-state index is 0.115. The number of anilines is 1. The van der Waals surface area contributed by atoms with E-state index in [9.17, 15) is 4.79 Å². The third kappa shape index (κ3) is 3.31. The lowest BCUT2D eigenvalue weighted by atomic mass is 10.4. The van der Waals surface area contributed by atoms with Gasteiger partial charge in [0.15, 0.2) is 0 Å². The smallest absolute Gasteiger partial charge is 0.235 e. The number of carbonyl (C=O) groups excluding carboxylic acids is 1. The first-order valence-corrected chi connectivity index (χ1v) is 6.75. The number of nitrogens with one attached hydrogen (secondary N) is 1. The molecule has 0 aromatic carbocycles. The summed E-state index contributed by atoms with van der Waals surface area (Å²) in [6.07, 6.45) is 1.66. The second-order valence-electron chi connectivity index (χ2n) is 4.18. The van der Waals surface area contributed by atoms with Crippen LogP contribution in [0.5, 0.6) is 0 Å². The first-order chi connectivity index (χ1) is 9.08.